The number of amides is 4. The Morgan fingerprint density at radius 3 is 2.26 bits per heavy atom. The summed E-state index contributed by atoms with van der Waals surface area (Å²) in [4.78, 5) is 82.6. The highest BCUT2D eigenvalue weighted by Gasteiger charge is 2.39. The average molecular weight is 688 g/mol. The molecule has 4 rings (SSSR count). The lowest BCUT2D eigenvalue weighted by atomic mass is 9.93. The van der Waals surface area contributed by atoms with Crippen molar-refractivity contribution < 1.29 is 33.5 Å². The van der Waals surface area contributed by atoms with Crippen LogP contribution in [0.3, 0.4) is 0 Å². The molecule has 0 fully saturated rings. The Balaban J connectivity index is 1.80. The van der Waals surface area contributed by atoms with Crippen LogP contribution in [0.2, 0.25) is 0 Å². The number of hydrogen-bond donors (Lipinski definition) is 5. The maximum absolute atomic E-state index is 14.9. The molecule has 2 heterocycles. The Hall–Kier alpha value is -5.46. The van der Waals surface area contributed by atoms with Crippen molar-refractivity contribution in [3.63, 3.8) is 0 Å². The van der Waals surface area contributed by atoms with Crippen LogP contribution in [0.5, 0.6) is 0 Å². The smallest absolute Gasteiger partial charge is 0.336 e. The number of carbonyl (C=O) groups is 5. The highest BCUT2D eigenvalue weighted by molar-refractivity contribution is 6.06. The van der Waals surface area contributed by atoms with E-state index in [4.69, 9.17) is 15.3 Å². The van der Waals surface area contributed by atoms with Gasteiger partial charge in [-0.05, 0) is 48.1 Å². The van der Waals surface area contributed by atoms with Crippen LogP contribution in [0, 0.1) is 18.8 Å². The van der Waals surface area contributed by atoms with Crippen LogP contribution in [0.4, 0.5) is 5.69 Å². The zero-order chi connectivity index (χ0) is 36.7. The van der Waals surface area contributed by atoms with Crippen molar-refractivity contribution in [2.75, 3.05) is 4.90 Å². The van der Waals surface area contributed by atoms with Gasteiger partial charge < -0.3 is 30.9 Å². The number of carboxylic acid groups (broad SMARTS) is 1. The zero-order valence-corrected chi connectivity index (χ0v) is 28.9. The molecule has 2 aromatic carbocycles. The van der Waals surface area contributed by atoms with E-state index in [1.807, 2.05) is 38.1 Å². The minimum Gasteiger partial charge on any atom is -0.481 e. The molecule has 0 saturated heterocycles. The molecule has 4 amide bonds. The molecular formula is C37H45N5O8. The van der Waals surface area contributed by atoms with Crippen molar-refractivity contribution in [1.82, 2.24) is 15.6 Å². The fourth-order valence-electron chi connectivity index (χ4n) is 6.00. The molecule has 50 heavy (non-hydrogen) atoms. The van der Waals surface area contributed by atoms with Gasteiger partial charge in [-0.15, -0.1) is 0 Å². The van der Waals surface area contributed by atoms with E-state index < -0.39 is 65.7 Å². The minimum absolute atomic E-state index is 0.0250. The number of anilines is 1. The number of carbonyl (C=O) groups excluding carboxylic acids is 4. The van der Waals surface area contributed by atoms with E-state index in [0.29, 0.717) is 23.8 Å². The number of rotatable bonds is 16. The molecule has 0 bridgehead atoms. The molecule has 5 atom stereocenters. The van der Waals surface area contributed by atoms with Gasteiger partial charge in [-0.2, -0.15) is 0 Å². The summed E-state index contributed by atoms with van der Waals surface area (Å²) < 4.78 is 5.49. The van der Waals surface area contributed by atoms with Crippen LogP contribution in [0.25, 0.3) is 21.9 Å². The van der Waals surface area contributed by atoms with Crippen LogP contribution >= 0.6 is 0 Å². The first-order valence-corrected chi connectivity index (χ1v) is 16.8. The van der Waals surface area contributed by atoms with Crippen LogP contribution in [0.15, 0.2) is 63.9 Å². The average Bonchev–Trinajstić information content (AvgIpc) is 3.49. The van der Waals surface area contributed by atoms with Crippen molar-refractivity contribution in [3.8, 4) is 0 Å². The van der Waals surface area contributed by atoms with Gasteiger partial charge in [-0.1, -0.05) is 58.7 Å². The molecule has 4 aromatic rings. The summed E-state index contributed by atoms with van der Waals surface area (Å²) >= 11 is 0. The fraction of sp³-hybridized carbons (Fsp3) is 0.405. The summed E-state index contributed by atoms with van der Waals surface area (Å²) in [6, 6.07) is 10.2. The maximum atomic E-state index is 14.9. The second-order valence-corrected chi connectivity index (χ2v) is 12.8. The zero-order valence-electron chi connectivity index (χ0n) is 28.9. The number of H-pyrrole nitrogens is 1. The summed E-state index contributed by atoms with van der Waals surface area (Å²) in [5.41, 5.74) is 8.13. The normalized spacial score (nSPS) is 14.3. The number of nitrogens with two attached hydrogens (primary N) is 1. The van der Waals surface area contributed by atoms with Gasteiger partial charge in [0.2, 0.25) is 17.7 Å². The highest BCUT2D eigenvalue weighted by Crippen LogP contribution is 2.29. The lowest BCUT2D eigenvalue weighted by Crippen LogP contribution is -2.61. The van der Waals surface area contributed by atoms with Crippen molar-refractivity contribution in [1.29, 1.82) is 0 Å². The number of para-hydroxylation sites is 1. The number of primary amides is 1. The molecule has 0 aliphatic carbocycles. The predicted octanol–water partition coefficient (Wildman–Crippen LogP) is 3.94. The molecule has 0 saturated carbocycles. The number of hydrogen-bond acceptors (Lipinski definition) is 7. The Bertz CT molecular complexity index is 1950. The maximum Gasteiger partial charge on any atom is 0.336 e. The first kappa shape index (κ1) is 37.4. The third kappa shape index (κ3) is 8.57. The van der Waals surface area contributed by atoms with Crippen molar-refractivity contribution in [2.45, 2.75) is 84.8 Å². The molecule has 2 aromatic heterocycles. The van der Waals surface area contributed by atoms with Crippen LogP contribution in [-0.2, 0) is 30.4 Å². The quantitative estimate of drug-likeness (QED) is 0.109. The molecule has 13 heteroatoms. The monoisotopic (exact) mass is 687 g/mol. The number of benzene rings is 2. The number of aliphatic carboxylic acids is 1. The standard InChI is InChI=1S/C37H45N5O8/c1-6-20(3)33(40-30(43)14-15-31(44)45)36(48)41-34(21(4)7-2)37(49)42(24-12-13-25-22(5)16-32(46)50-29(25)18-24)28(35(38)47)17-23-19-39-27-11-9-8-10-26(23)27/h8-13,16,18-21,28,33-34,39H,6-7,14-15,17H2,1-5H3,(H2,38,47)(H,40,43)(H,41,48)(H,44,45)/t20-,21-,28-,33-,34-/m0/s1. The molecule has 0 aliphatic heterocycles. The molecule has 0 spiro atoms. The number of aryl methyl sites for hydroxylation is 1. The molecule has 0 aliphatic rings. The van der Waals surface area contributed by atoms with Gasteiger partial charge in [0, 0.05) is 53.1 Å². The fourth-order valence-corrected chi connectivity index (χ4v) is 6.00. The summed E-state index contributed by atoms with van der Waals surface area (Å²) in [5, 5.41) is 16.0. The molecule has 0 unspecified atom stereocenters. The van der Waals surface area contributed by atoms with Crippen LogP contribution < -0.4 is 26.9 Å². The van der Waals surface area contributed by atoms with E-state index in [-0.39, 0.29) is 30.0 Å². The molecule has 266 valence electrons. The second kappa shape index (κ2) is 16.3. The summed E-state index contributed by atoms with van der Waals surface area (Å²) in [7, 11) is 0. The van der Waals surface area contributed by atoms with Gasteiger partial charge in [-0.3, -0.25) is 28.9 Å². The van der Waals surface area contributed by atoms with E-state index in [9.17, 15) is 28.8 Å². The topological polar surface area (TPSA) is 205 Å². The molecule has 13 nitrogen and oxygen atoms in total. The highest BCUT2D eigenvalue weighted by atomic mass is 16.4. The molecule has 0 radical (unpaired) electrons. The van der Waals surface area contributed by atoms with Gasteiger partial charge in [0.15, 0.2) is 0 Å². The third-order valence-corrected chi connectivity index (χ3v) is 9.33. The first-order chi connectivity index (χ1) is 23.7. The lowest BCUT2D eigenvalue weighted by molar-refractivity contribution is -0.139. The minimum atomic E-state index is -1.24. The third-order valence-electron chi connectivity index (χ3n) is 9.33. The lowest BCUT2D eigenvalue weighted by Gasteiger charge is -2.36. The number of aromatic amines is 1. The number of fused-ring (bicyclic) bond motifs is 2. The first-order valence-electron chi connectivity index (χ1n) is 16.8. The van der Waals surface area contributed by atoms with Gasteiger partial charge in [-0.25, -0.2) is 4.79 Å². The summed E-state index contributed by atoms with van der Waals surface area (Å²) in [5.74, 6) is -4.63. The van der Waals surface area contributed by atoms with Crippen LogP contribution in [0.1, 0.15) is 64.5 Å². The molecular weight excluding hydrogens is 642 g/mol. The van der Waals surface area contributed by atoms with E-state index >= 15 is 0 Å². The number of carboxylic acids is 1. The van der Waals surface area contributed by atoms with Crippen molar-refractivity contribution in [2.24, 2.45) is 17.6 Å². The predicted molar refractivity (Wildman–Crippen MR) is 189 cm³/mol. The second-order valence-electron chi connectivity index (χ2n) is 12.8. The van der Waals surface area contributed by atoms with Crippen molar-refractivity contribution in [3.05, 3.63) is 76.3 Å². The van der Waals surface area contributed by atoms with Gasteiger partial charge in [0.25, 0.3) is 5.91 Å². The summed E-state index contributed by atoms with van der Waals surface area (Å²) in [6.07, 6.45) is 2.02. The number of aromatic nitrogens is 1. The van der Waals surface area contributed by atoms with Crippen molar-refractivity contribution >= 4 is 57.2 Å². The Labute approximate surface area is 289 Å². The van der Waals surface area contributed by atoms with Crippen LogP contribution in [-0.4, -0.2) is 57.8 Å². The van der Waals surface area contributed by atoms with Gasteiger partial charge in [0.1, 0.15) is 23.7 Å². The Morgan fingerprint density at radius 1 is 0.920 bits per heavy atom. The molecule has 6 N–H and O–H groups in total. The summed E-state index contributed by atoms with van der Waals surface area (Å²) in [6.45, 7) is 9.01. The Kier molecular flexibility index (Phi) is 12.2. The SMILES string of the molecule is CC[C@H](C)[C@H](NC(=O)CCC(=O)O)C(=O)N[C@H](C(=O)N(c1ccc2c(C)cc(=O)oc2c1)[C@@H](Cc1c[nH]c2ccccc12)C(N)=O)[C@@H](C)CC. The van der Waals surface area contributed by atoms with Gasteiger partial charge >= 0.3 is 11.6 Å². The van der Waals surface area contributed by atoms with E-state index in [1.165, 1.54) is 17.0 Å². The largest absolute Gasteiger partial charge is 0.481 e. The number of nitrogens with one attached hydrogen (secondary N) is 3. The van der Waals surface area contributed by atoms with E-state index in [2.05, 4.69) is 15.6 Å². The number of nitrogens with zero attached hydrogens (tertiary/aromatic N) is 1. The Morgan fingerprint density at radius 2 is 1.60 bits per heavy atom. The van der Waals surface area contributed by atoms with E-state index in [1.54, 1.807) is 39.1 Å². The van der Waals surface area contributed by atoms with Gasteiger partial charge in [0.05, 0.1) is 6.42 Å². The van der Waals surface area contributed by atoms with E-state index in [0.717, 1.165) is 16.5 Å².